The summed E-state index contributed by atoms with van der Waals surface area (Å²) in [6.07, 6.45) is 5.05. The summed E-state index contributed by atoms with van der Waals surface area (Å²) in [5.74, 6) is 0.879. The molecule has 3 aliphatic rings. The molecule has 0 spiro atoms. The summed E-state index contributed by atoms with van der Waals surface area (Å²) in [5, 5.41) is 0. The summed E-state index contributed by atoms with van der Waals surface area (Å²) in [7, 11) is 0. The molecule has 1 saturated carbocycles. The van der Waals surface area contributed by atoms with Crippen molar-refractivity contribution in [3.8, 4) is 5.75 Å². The van der Waals surface area contributed by atoms with Crippen LogP contribution in [0.15, 0.2) is 90.3 Å². The molecule has 0 bridgehead atoms. The molecule has 2 aromatic carbocycles. The summed E-state index contributed by atoms with van der Waals surface area (Å²) in [5.41, 5.74) is 2.31. The van der Waals surface area contributed by atoms with Crippen molar-refractivity contribution in [3.63, 3.8) is 0 Å². The maximum absolute atomic E-state index is 13.8. The number of anilines is 1. The summed E-state index contributed by atoms with van der Waals surface area (Å²) >= 11 is 0. The van der Waals surface area contributed by atoms with Gasteiger partial charge in [-0.1, -0.05) is 55.0 Å². The van der Waals surface area contributed by atoms with Gasteiger partial charge in [0.2, 0.25) is 0 Å². The lowest BCUT2D eigenvalue weighted by Crippen LogP contribution is -2.39. The predicted octanol–water partition coefficient (Wildman–Crippen LogP) is 5.16. The third-order valence-corrected chi connectivity index (χ3v) is 7.08. The quantitative estimate of drug-likeness (QED) is 0.520. The lowest BCUT2D eigenvalue weighted by atomic mass is 9.77. The van der Waals surface area contributed by atoms with E-state index in [4.69, 9.17) is 9.47 Å². The topological polar surface area (TPSA) is 68.7 Å². The molecule has 1 amide bonds. The molecule has 176 valence electrons. The van der Waals surface area contributed by atoms with Crippen LogP contribution in [0.1, 0.15) is 42.9 Å². The fourth-order valence-electron chi connectivity index (χ4n) is 5.41. The number of carbonyl (C=O) groups is 2. The Morgan fingerprint density at radius 2 is 1.77 bits per heavy atom. The number of hydrogen-bond donors (Lipinski definition) is 0. The van der Waals surface area contributed by atoms with Gasteiger partial charge in [-0.15, -0.1) is 0 Å². The van der Waals surface area contributed by atoms with Crippen LogP contribution in [0.4, 0.5) is 5.82 Å². The normalized spacial score (nSPS) is 23.5. The highest BCUT2D eigenvalue weighted by Gasteiger charge is 2.52. The van der Waals surface area contributed by atoms with Gasteiger partial charge in [-0.3, -0.25) is 14.5 Å². The van der Waals surface area contributed by atoms with Crippen molar-refractivity contribution >= 4 is 17.5 Å². The van der Waals surface area contributed by atoms with E-state index in [2.05, 4.69) is 4.98 Å². The zero-order valence-electron chi connectivity index (χ0n) is 19.3. The van der Waals surface area contributed by atoms with E-state index in [0.717, 1.165) is 36.8 Å². The molecule has 6 nitrogen and oxygen atoms in total. The molecule has 3 heterocycles. The van der Waals surface area contributed by atoms with Gasteiger partial charge in [0.25, 0.3) is 5.91 Å². The Bertz CT molecular complexity index is 1290. The van der Waals surface area contributed by atoms with Gasteiger partial charge in [0.1, 0.15) is 24.3 Å². The average Bonchev–Trinajstić information content (AvgIpc) is 3.21. The van der Waals surface area contributed by atoms with E-state index in [9.17, 15) is 9.59 Å². The largest absolute Gasteiger partial charge is 0.489 e. The maximum atomic E-state index is 13.8. The van der Waals surface area contributed by atoms with Gasteiger partial charge in [-0.05, 0) is 54.7 Å². The number of aromatic nitrogens is 1. The summed E-state index contributed by atoms with van der Waals surface area (Å²) in [6.45, 7) is 0.428. The standard InChI is InChI=1S/C29H26N2O4/c32-27-22-13-4-5-14-23(22)35-28-25(27)26(31(29(28)33)24-15-6-7-16-30-24)20-11-8-12-21(17-20)34-18-19-9-2-1-3-10-19/h1-3,6-12,15-17,22-23,26H,4-5,13-14,18H2. The predicted molar refractivity (Wildman–Crippen MR) is 131 cm³/mol. The number of Topliss-reactive ketones (excluding diaryl/α,β-unsaturated/α-hetero) is 1. The van der Waals surface area contributed by atoms with Crippen LogP contribution in [0.3, 0.4) is 0 Å². The number of carbonyl (C=O) groups excluding carboxylic acids is 2. The number of benzene rings is 2. The number of rotatable bonds is 5. The van der Waals surface area contributed by atoms with Gasteiger partial charge in [0, 0.05) is 6.20 Å². The lowest BCUT2D eigenvalue weighted by Gasteiger charge is -2.35. The van der Waals surface area contributed by atoms with Crippen molar-refractivity contribution in [1.29, 1.82) is 0 Å². The van der Waals surface area contributed by atoms with Crippen LogP contribution in [-0.4, -0.2) is 22.8 Å². The second-order valence-corrected chi connectivity index (χ2v) is 9.27. The zero-order valence-corrected chi connectivity index (χ0v) is 19.3. The van der Waals surface area contributed by atoms with Crippen LogP contribution in [-0.2, 0) is 20.9 Å². The molecule has 1 aliphatic carbocycles. The highest BCUT2D eigenvalue weighted by molar-refractivity contribution is 6.17. The minimum Gasteiger partial charge on any atom is -0.489 e. The molecule has 1 fully saturated rings. The highest BCUT2D eigenvalue weighted by atomic mass is 16.5. The maximum Gasteiger partial charge on any atom is 0.295 e. The molecule has 6 rings (SSSR count). The minimum atomic E-state index is -0.608. The smallest absolute Gasteiger partial charge is 0.295 e. The number of ether oxygens (including phenoxy) is 2. The van der Waals surface area contributed by atoms with Gasteiger partial charge in [0.15, 0.2) is 11.5 Å². The van der Waals surface area contributed by atoms with Crippen molar-refractivity contribution in [2.45, 2.75) is 44.4 Å². The Morgan fingerprint density at radius 3 is 2.60 bits per heavy atom. The van der Waals surface area contributed by atoms with Crippen LogP contribution < -0.4 is 9.64 Å². The first-order valence-electron chi connectivity index (χ1n) is 12.2. The van der Waals surface area contributed by atoms with Gasteiger partial charge in [-0.25, -0.2) is 4.98 Å². The molecule has 3 unspecified atom stereocenters. The number of ketones is 1. The van der Waals surface area contributed by atoms with Crippen molar-refractivity contribution in [1.82, 2.24) is 4.98 Å². The van der Waals surface area contributed by atoms with Crippen LogP contribution in [0.5, 0.6) is 5.75 Å². The van der Waals surface area contributed by atoms with E-state index in [1.807, 2.05) is 60.7 Å². The van der Waals surface area contributed by atoms with Crippen molar-refractivity contribution < 1.29 is 19.1 Å². The monoisotopic (exact) mass is 466 g/mol. The Hall–Kier alpha value is -3.93. The molecule has 0 N–H and O–H groups in total. The van der Waals surface area contributed by atoms with Gasteiger partial charge >= 0.3 is 0 Å². The Kier molecular flexibility index (Phi) is 5.57. The van der Waals surface area contributed by atoms with Crippen molar-refractivity contribution in [2.24, 2.45) is 5.92 Å². The van der Waals surface area contributed by atoms with Crippen LogP contribution >= 0.6 is 0 Å². The highest BCUT2D eigenvalue weighted by Crippen LogP contribution is 2.48. The SMILES string of the molecule is O=C1C2=C(OC3CCCCC13)C(=O)N(c1ccccn1)C2c1cccc(OCc2ccccc2)c1. The fourth-order valence-corrected chi connectivity index (χ4v) is 5.41. The number of pyridine rings is 1. The van der Waals surface area contributed by atoms with E-state index in [-0.39, 0.29) is 29.5 Å². The van der Waals surface area contributed by atoms with Gasteiger partial charge in [0.05, 0.1) is 17.5 Å². The van der Waals surface area contributed by atoms with E-state index in [1.54, 1.807) is 23.2 Å². The number of nitrogens with zero attached hydrogens (tertiary/aromatic N) is 2. The molecule has 1 aromatic heterocycles. The molecule has 3 atom stereocenters. The lowest BCUT2D eigenvalue weighted by molar-refractivity contribution is -0.131. The summed E-state index contributed by atoms with van der Waals surface area (Å²) in [4.78, 5) is 33.5. The Balaban J connectivity index is 1.39. The zero-order chi connectivity index (χ0) is 23.8. The van der Waals surface area contributed by atoms with Gasteiger partial charge in [-0.2, -0.15) is 0 Å². The van der Waals surface area contributed by atoms with E-state index in [1.165, 1.54) is 0 Å². The van der Waals surface area contributed by atoms with E-state index < -0.39 is 6.04 Å². The third-order valence-electron chi connectivity index (χ3n) is 7.08. The Labute approximate surface area is 204 Å². The number of fused-ring (bicyclic) bond motifs is 1. The molecule has 35 heavy (non-hydrogen) atoms. The molecule has 2 aliphatic heterocycles. The van der Waals surface area contributed by atoms with Gasteiger partial charge < -0.3 is 9.47 Å². The van der Waals surface area contributed by atoms with Crippen LogP contribution in [0, 0.1) is 5.92 Å². The second kappa shape index (κ2) is 9.02. The third kappa shape index (κ3) is 3.89. The van der Waals surface area contributed by atoms with Crippen LogP contribution in [0.25, 0.3) is 0 Å². The van der Waals surface area contributed by atoms with E-state index in [0.29, 0.717) is 23.7 Å². The Morgan fingerprint density at radius 1 is 0.943 bits per heavy atom. The molecule has 3 aromatic rings. The first-order chi connectivity index (χ1) is 17.2. The van der Waals surface area contributed by atoms with E-state index >= 15 is 0 Å². The molecular formula is C29H26N2O4. The molecular weight excluding hydrogens is 440 g/mol. The average molecular weight is 467 g/mol. The first kappa shape index (κ1) is 21.6. The second-order valence-electron chi connectivity index (χ2n) is 9.27. The number of amides is 1. The van der Waals surface area contributed by atoms with Crippen molar-refractivity contribution in [2.75, 3.05) is 4.90 Å². The van der Waals surface area contributed by atoms with Crippen LogP contribution in [0.2, 0.25) is 0 Å². The molecule has 0 saturated heterocycles. The molecule has 6 heteroatoms. The van der Waals surface area contributed by atoms with Crippen molar-refractivity contribution in [3.05, 3.63) is 101 Å². The molecule has 0 radical (unpaired) electrons. The first-order valence-corrected chi connectivity index (χ1v) is 12.2. The summed E-state index contributed by atoms with van der Waals surface area (Å²) < 4.78 is 12.3. The fraction of sp³-hybridized carbons (Fsp3) is 0.276. The minimum absolute atomic E-state index is 0.0309. The number of hydrogen-bond acceptors (Lipinski definition) is 5. The summed E-state index contributed by atoms with van der Waals surface area (Å²) in [6, 6.07) is 22.4.